The minimum Gasteiger partial charge on any atom is -0.372 e. The highest BCUT2D eigenvalue weighted by molar-refractivity contribution is 5.81. The molecule has 2 rings (SSSR count). The highest BCUT2D eigenvalue weighted by Crippen LogP contribution is 2.13. The van der Waals surface area contributed by atoms with Gasteiger partial charge in [-0.1, -0.05) is 0 Å². The van der Waals surface area contributed by atoms with E-state index >= 15 is 0 Å². The summed E-state index contributed by atoms with van der Waals surface area (Å²) in [6, 6.07) is 7.92. The minimum absolute atomic E-state index is 0.103. The van der Waals surface area contributed by atoms with Crippen LogP contribution in [0.25, 0.3) is 10.9 Å². The Morgan fingerprint density at radius 1 is 1.32 bits per heavy atom. The molecule has 1 aromatic heterocycles. The maximum atomic E-state index is 11.5. The van der Waals surface area contributed by atoms with Gasteiger partial charge in [-0.05, 0) is 18.2 Å². The van der Waals surface area contributed by atoms with Crippen molar-refractivity contribution >= 4 is 16.6 Å². The zero-order valence-electron chi connectivity index (χ0n) is 9.43. The highest BCUT2D eigenvalue weighted by Gasteiger charge is 2.03. The monoisotopic (exact) mass is 254 g/mol. The Hall–Kier alpha value is -3.32. The van der Waals surface area contributed by atoms with Crippen LogP contribution in [0.5, 0.6) is 0 Å². The van der Waals surface area contributed by atoms with Gasteiger partial charge in [-0.3, -0.25) is 4.98 Å². The number of nitrogens with zero attached hydrogens (tertiary/aromatic N) is 2. The topological polar surface area (TPSA) is 123 Å². The Morgan fingerprint density at radius 3 is 2.74 bits per heavy atom. The molecule has 0 fully saturated rings. The second kappa shape index (κ2) is 4.90. The van der Waals surface area contributed by atoms with Gasteiger partial charge in [0, 0.05) is 11.9 Å². The summed E-state index contributed by atoms with van der Waals surface area (Å²) in [5.74, 6) is -0.825. The zero-order valence-corrected chi connectivity index (χ0v) is 9.43. The van der Waals surface area contributed by atoms with Crippen LogP contribution in [0.4, 0.5) is 5.69 Å². The molecular formula is C12H6N4O3. The van der Waals surface area contributed by atoms with E-state index in [0.29, 0.717) is 11.2 Å². The van der Waals surface area contributed by atoms with Crippen molar-refractivity contribution in [1.29, 1.82) is 10.5 Å². The lowest BCUT2D eigenvalue weighted by atomic mass is 10.2. The number of aromatic amines is 1. The fraction of sp³-hybridized carbons (Fsp3) is 0. The van der Waals surface area contributed by atoms with Crippen LogP contribution in [0.3, 0.4) is 0 Å². The number of aromatic nitrogens is 1. The molecule has 0 aliphatic carbocycles. The average Bonchev–Trinajstić information content (AvgIpc) is 2.40. The number of nitrogens with one attached hydrogen (secondary N) is 2. The number of benzene rings is 1. The second-order valence-corrected chi connectivity index (χ2v) is 3.49. The molecule has 0 amide bonds. The maximum absolute atomic E-state index is 11.5. The first kappa shape index (κ1) is 12.1. The summed E-state index contributed by atoms with van der Waals surface area (Å²) in [5.41, 5.74) is -0.0350. The van der Waals surface area contributed by atoms with E-state index in [1.807, 2.05) is 0 Å². The molecule has 92 valence electrons. The summed E-state index contributed by atoms with van der Waals surface area (Å²) in [6.07, 6.45) is 1.22. The Morgan fingerprint density at radius 2 is 2.05 bits per heavy atom. The molecule has 2 aromatic rings. The van der Waals surface area contributed by atoms with Crippen LogP contribution in [0.2, 0.25) is 0 Å². The van der Waals surface area contributed by atoms with E-state index < -0.39 is 11.4 Å². The molecule has 0 saturated carbocycles. The Balaban J connectivity index is 2.47. The molecule has 19 heavy (non-hydrogen) atoms. The largest absolute Gasteiger partial charge is 0.419 e. The van der Waals surface area contributed by atoms with Crippen LogP contribution in [0, 0.1) is 22.7 Å². The van der Waals surface area contributed by atoms with Gasteiger partial charge < -0.3 is 9.73 Å². The van der Waals surface area contributed by atoms with Crippen LogP contribution < -0.4 is 16.7 Å². The van der Waals surface area contributed by atoms with Gasteiger partial charge >= 0.3 is 11.4 Å². The van der Waals surface area contributed by atoms with Crippen molar-refractivity contribution in [3.05, 3.63) is 50.9 Å². The molecule has 0 bridgehead atoms. The van der Waals surface area contributed by atoms with E-state index in [9.17, 15) is 9.59 Å². The fourth-order valence-corrected chi connectivity index (χ4v) is 1.43. The minimum atomic E-state index is -0.825. The summed E-state index contributed by atoms with van der Waals surface area (Å²) < 4.78 is 4.40. The molecular weight excluding hydrogens is 248 g/mol. The maximum Gasteiger partial charge on any atom is 0.419 e. The van der Waals surface area contributed by atoms with E-state index in [0.717, 1.165) is 0 Å². The molecule has 2 N–H and O–H groups in total. The average molecular weight is 254 g/mol. The molecule has 7 heteroatoms. The van der Waals surface area contributed by atoms with Gasteiger partial charge in [-0.25, -0.2) is 9.59 Å². The van der Waals surface area contributed by atoms with Crippen LogP contribution >= 0.6 is 0 Å². The SMILES string of the molecule is N#CC(C#N)=CNc1ccc2[nH]c(=O)oc(=O)c2c1. The highest BCUT2D eigenvalue weighted by atomic mass is 16.4. The van der Waals surface area contributed by atoms with Crippen molar-refractivity contribution in [3.63, 3.8) is 0 Å². The van der Waals surface area contributed by atoms with Gasteiger partial charge in [-0.15, -0.1) is 0 Å². The molecule has 0 unspecified atom stereocenters. The third-order valence-corrected chi connectivity index (χ3v) is 2.29. The van der Waals surface area contributed by atoms with Crippen molar-refractivity contribution < 1.29 is 4.42 Å². The van der Waals surface area contributed by atoms with Gasteiger partial charge in [0.1, 0.15) is 17.7 Å². The van der Waals surface area contributed by atoms with Crippen molar-refractivity contribution in [1.82, 2.24) is 4.98 Å². The normalized spacial score (nSPS) is 9.37. The van der Waals surface area contributed by atoms with Crippen LogP contribution in [-0.2, 0) is 0 Å². The number of anilines is 1. The molecule has 1 aromatic carbocycles. The van der Waals surface area contributed by atoms with Crippen molar-refractivity contribution in [2.45, 2.75) is 0 Å². The first-order valence-electron chi connectivity index (χ1n) is 5.08. The number of allylic oxidation sites excluding steroid dienone is 1. The van der Waals surface area contributed by atoms with Crippen LogP contribution in [0.15, 0.2) is 44.0 Å². The van der Waals surface area contributed by atoms with Gasteiger partial charge in [0.2, 0.25) is 0 Å². The number of hydrogen-bond acceptors (Lipinski definition) is 6. The van der Waals surface area contributed by atoms with E-state index in [4.69, 9.17) is 10.5 Å². The number of fused-ring (bicyclic) bond motifs is 1. The summed E-state index contributed by atoms with van der Waals surface area (Å²) >= 11 is 0. The van der Waals surface area contributed by atoms with Crippen molar-refractivity contribution in [3.8, 4) is 12.1 Å². The van der Waals surface area contributed by atoms with E-state index in [2.05, 4.69) is 14.7 Å². The quantitative estimate of drug-likeness (QED) is 0.765. The molecule has 7 nitrogen and oxygen atoms in total. The Labute approximate surface area is 106 Å². The molecule has 1 heterocycles. The third kappa shape index (κ3) is 2.51. The van der Waals surface area contributed by atoms with Crippen LogP contribution in [-0.4, -0.2) is 4.98 Å². The van der Waals surface area contributed by atoms with Gasteiger partial charge in [-0.2, -0.15) is 10.5 Å². The first-order valence-corrected chi connectivity index (χ1v) is 5.08. The molecule has 0 saturated heterocycles. The Bertz CT molecular complexity index is 845. The van der Waals surface area contributed by atoms with Crippen LogP contribution in [0.1, 0.15) is 0 Å². The molecule has 0 aliphatic rings. The summed E-state index contributed by atoms with van der Waals surface area (Å²) in [7, 11) is 0. The zero-order chi connectivity index (χ0) is 13.8. The summed E-state index contributed by atoms with van der Waals surface area (Å²) in [6.45, 7) is 0. The third-order valence-electron chi connectivity index (χ3n) is 2.29. The van der Waals surface area contributed by atoms with Gasteiger partial charge in [0.05, 0.1) is 10.9 Å². The predicted molar refractivity (Wildman–Crippen MR) is 66.0 cm³/mol. The smallest absolute Gasteiger partial charge is 0.372 e. The lowest BCUT2D eigenvalue weighted by Crippen LogP contribution is -2.14. The van der Waals surface area contributed by atoms with Gasteiger partial charge in [0.25, 0.3) is 0 Å². The number of rotatable bonds is 2. The summed E-state index contributed by atoms with van der Waals surface area (Å²) in [5, 5.41) is 20.0. The van der Waals surface area contributed by atoms with Gasteiger partial charge in [0.15, 0.2) is 0 Å². The van der Waals surface area contributed by atoms with Crippen molar-refractivity contribution in [2.75, 3.05) is 5.32 Å². The molecule has 0 atom stereocenters. The molecule has 0 aliphatic heterocycles. The Kier molecular flexibility index (Phi) is 3.13. The predicted octanol–water partition coefficient (Wildman–Crippen LogP) is 0.824. The lowest BCUT2D eigenvalue weighted by molar-refractivity contribution is 0.460. The fourth-order valence-electron chi connectivity index (χ4n) is 1.43. The van der Waals surface area contributed by atoms with E-state index in [1.54, 1.807) is 18.2 Å². The number of nitriles is 2. The first-order chi connectivity index (χ1) is 9.13. The van der Waals surface area contributed by atoms with E-state index in [1.165, 1.54) is 18.3 Å². The summed E-state index contributed by atoms with van der Waals surface area (Å²) in [4.78, 5) is 24.8. The van der Waals surface area contributed by atoms with Crippen molar-refractivity contribution in [2.24, 2.45) is 0 Å². The molecule has 0 spiro atoms. The van der Waals surface area contributed by atoms with E-state index in [-0.39, 0.29) is 11.0 Å². The number of hydrogen-bond donors (Lipinski definition) is 2. The molecule has 0 radical (unpaired) electrons. The second-order valence-electron chi connectivity index (χ2n) is 3.49. The lowest BCUT2D eigenvalue weighted by Gasteiger charge is -2.01. The standard InChI is InChI=1S/C12H6N4O3/c13-4-7(5-14)6-15-8-1-2-10-9(3-8)11(17)19-12(18)16-10/h1-3,6,15H,(H,16,18). The number of H-pyrrole nitrogens is 1.